The van der Waals surface area contributed by atoms with Gasteiger partial charge in [0.05, 0.1) is 34.8 Å². The molecule has 1 atom stereocenters. The normalized spacial score (nSPS) is 20.6. The molecule has 5 rings (SSSR count). The largest absolute Gasteiger partial charge is 0.477 e. The third kappa shape index (κ3) is 4.85. The van der Waals surface area contributed by atoms with Gasteiger partial charge in [-0.15, -0.1) is 0 Å². The molecule has 0 unspecified atom stereocenters. The summed E-state index contributed by atoms with van der Waals surface area (Å²) in [6.07, 6.45) is 3.35. The lowest BCUT2D eigenvalue weighted by atomic mass is 9.84. The number of aromatic nitrogens is 3. The zero-order valence-corrected chi connectivity index (χ0v) is 22.3. The average molecular weight is 526 g/mol. The van der Waals surface area contributed by atoms with E-state index in [4.69, 9.17) is 20.2 Å². The van der Waals surface area contributed by atoms with Gasteiger partial charge in [0.2, 0.25) is 5.88 Å². The summed E-state index contributed by atoms with van der Waals surface area (Å²) in [5.74, 6) is 1.22. The van der Waals surface area contributed by atoms with E-state index in [1.807, 2.05) is 40.7 Å². The fourth-order valence-electron chi connectivity index (χ4n) is 4.66. The molecule has 0 aliphatic carbocycles. The van der Waals surface area contributed by atoms with Gasteiger partial charge in [0.15, 0.2) is 9.84 Å². The number of nitrogens with one attached hydrogen (secondary N) is 1. The maximum atomic E-state index is 12.4. The molecule has 196 valence electrons. The molecule has 2 aliphatic heterocycles. The second-order valence-electron chi connectivity index (χ2n) is 11.0. The Labute approximate surface area is 215 Å². The lowest BCUT2D eigenvalue weighted by Crippen LogP contribution is -2.40. The molecular weight excluding hydrogens is 494 g/mol. The monoisotopic (exact) mass is 525 g/mol. The maximum absolute atomic E-state index is 12.4. The molecule has 0 radical (unpaired) electrons. The van der Waals surface area contributed by atoms with E-state index >= 15 is 0 Å². The summed E-state index contributed by atoms with van der Waals surface area (Å²) in [5, 5.41) is 4.73. The van der Waals surface area contributed by atoms with Crippen molar-refractivity contribution in [3.63, 3.8) is 0 Å². The zero-order valence-electron chi connectivity index (χ0n) is 21.5. The highest BCUT2D eigenvalue weighted by Gasteiger charge is 2.40. The number of sulfone groups is 1. The number of carbonyl (C=O) groups is 1. The van der Waals surface area contributed by atoms with Crippen molar-refractivity contribution in [1.82, 2.24) is 15.0 Å². The molecule has 11 heteroatoms. The van der Waals surface area contributed by atoms with Crippen LogP contribution in [-0.2, 0) is 20.1 Å². The molecule has 2 aliphatic rings. The van der Waals surface area contributed by atoms with E-state index in [0.29, 0.717) is 34.2 Å². The van der Waals surface area contributed by atoms with Gasteiger partial charge in [-0.1, -0.05) is 6.92 Å². The Kier molecular flexibility index (Phi) is 5.91. The fraction of sp³-hybridized carbons (Fsp3) is 0.462. The van der Waals surface area contributed by atoms with Gasteiger partial charge in [0, 0.05) is 29.8 Å². The maximum Gasteiger partial charge on any atom is 0.340 e. The summed E-state index contributed by atoms with van der Waals surface area (Å²) in [4.78, 5) is 26.1. The van der Waals surface area contributed by atoms with Gasteiger partial charge >= 0.3 is 5.97 Å². The van der Waals surface area contributed by atoms with Crippen molar-refractivity contribution in [2.24, 2.45) is 11.7 Å². The van der Waals surface area contributed by atoms with Crippen LogP contribution in [0.15, 0.2) is 30.6 Å². The number of pyridine rings is 3. The van der Waals surface area contributed by atoms with Crippen LogP contribution in [0, 0.1) is 5.92 Å². The summed E-state index contributed by atoms with van der Waals surface area (Å²) in [7, 11) is -2.93. The van der Waals surface area contributed by atoms with E-state index < -0.39 is 21.0 Å². The average Bonchev–Trinajstić information content (AvgIpc) is 2.78. The van der Waals surface area contributed by atoms with Gasteiger partial charge in [-0.2, -0.15) is 0 Å². The zero-order chi connectivity index (χ0) is 26.8. The topological polar surface area (TPSA) is 146 Å². The van der Waals surface area contributed by atoms with Crippen LogP contribution >= 0.6 is 0 Å². The van der Waals surface area contributed by atoms with Crippen molar-refractivity contribution < 1.29 is 22.7 Å². The molecule has 0 aromatic carbocycles. The highest BCUT2D eigenvalue weighted by atomic mass is 32.2. The standard InChI is InChI=1S/C26H31N5O5S/c1-14-22-16(24(32)36-26(14,4)5)6-7-20(31-22)30-21-8-17-18(9-28-21)23(29-10-19(17)25(2,3)27)35-11-15-12-37(33,34)13-15/h6-10,14-15H,11-13,27H2,1-5H3,(H,28,30,31)/t14-/m1/s1. The molecule has 0 spiro atoms. The minimum atomic E-state index is -2.93. The number of hydrogen-bond donors (Lipinski definition) is 2. The van der Waals surface area contributed by atoms with Crippen LogP contribution in [0.4, 0.5) is 11.6 Å². The van der Waals surface area contributed by atoms with Gasteiger partial charge in [0.25, 0.3) is 0 Å². The number of nitrogens with zero attached hydrogens (tertiary/aromatic N) is 3. The number of nitrogens with two attached hydrogens (primary N) is 1. The Hall–Kier alpha value is -3.31. The van der Waals surface area contributed by atoms with Crippen LogP contribution < -0.4 is 15.8 Å². The minimum Gasteiger partial charge on any atom is -0.477 e. The molecule has 5 heterocycles. The van der Waals surface area contributed by atoms with E-state index in [2.05, 4.69) is 15.3 Å². The number of carbonyl (C=O) groups excluding carboxylic acids is 1. The number of fused-ring (bicyclic) bond motifs is 2. The van der Waals surface area contributed by atoms with Gasteiger partial charge in [-0.05, 0) is 56.8 Å². The molecule has 1 saturated heterocycles. The number of esters is 1. The van der Waals surface area contributed by atoms with Gasteiger partial charge in [-0.3, -0.25) is 0 Å². The SMILES string of the molecule is C[C@@H]1c2nc(Nc3cc4c(C(C)(C)N)cnc(OCC5CS(=O)(=O)C5)c4cn3)ccc2C(=O)OC1(C)C. The first kappa shape index (κ1) is 25.3. The van der Waals surface area contributed by atoms with E-state index in [1.165, 1.54) is 0 Å². The molecule has 3 aromatic heterocycles. The van der Waals surface area contributed by atoms with Gasteiger partial charge in [-0.25, -0.2) is 28.2 Å². The molecule has 0 amide bonds. The number of hydrogen-bond acceptors (Lipinski definition) is 10. The van der Waals surface area contributed by atoms with Crippen LogP contribution in [-0.4, -0.2) is 53.1 Å². The summed E-state index contributed by atoms with van der Waals surface area (Å²) >= 11 is 0. The number of rotatable bonds is 6. The number of cyclic esters (lactones) is 1. The Morgan fingerprint density at radius 2 is 1.89 bits per heavy atom. The quantitative estimate of drug-likeness (QED) is 0.459. The van der Waals surface area contributed by atoms with Crippen molar-refractivity contribution in [3.05, 3.63) is 47.4 Å². The van der Waals surface area contributed by atoms with Crippen LogP contribution in [0.1, 0.15) is 62.2 Å². The van der Waals surface area contributed by atoms with E-state index in [0.717, 1.165) is 10.9 Å². The first-order chi connectivity index (χ1) is 17.2. The molecule has 37 heavy (non-hydrogen) atoms. The van der Waals surface area contributed by atoms with Crippen molar-refractivity contribution in [1.29, 1.82) is 0 Å². The van der Waals surface area contributed by atoms with Crippen molar-refractivity contribution in [3.8, 4) is 5.88 Å². The molecule has 0 saturated carbocycles. The van der Waals surface area contributed by atoms with Crippen LogP contribution in [0.3, 0.4) is 0 Å². The second kappa shape index (κ2) is 8.63. The van der Waals surface area contributed by atoms with Crippen LogP contribution in [0.5, 0.6) is 5.88 Å². The highest BCUT2D eigenvalue weighted by molar-refractivity contribution is 7.92. The van der Waals surface area contributed by atoms with E-state index in [1.54, 1.807) is 24.5 Å². The Morgan fingerprint density at radius 1 is 1.16 bits per heavy atom. The molecule has 3 aromatic rings. The number of anilines is 2. The van der Waals surface area contributed by atoms with Crippen LogP contribution in [0.25, 0.3) is 10.8 Å². The Morgan fingerprint density at radius 3 is 2.57 bits per heavy atom. The predicted molar refractivity (Wildman–Crippen MR) is 140 cm³/mol. The van der Waals surface area contributed by atoms with Gasteiger partial charge in [0.1, 0.15) is 17.2 Å². The third-order valence-corrected chi connectivity index (χ3v) is 9.03. The molecule has 10 nitrogen and oxygen atoms in total. The first-order valence-electron chi connectivity index (χ1n) is 12.2. The van der Waals surface area contributed by atoms with E-state index in [-0.39, 0.29) is 35.9 Å². The molecule has 3 N–H and O–H groups in total. The molecular formula is C26H31N5O5S. The van der Waals surface area contributed by atoms with Crippen molar-refractivity contribution >= 4 is 38.2 Å². The smallest absolute Gasteiger partial charge is 0.340 e. The molecule has 0 bridgehead atoms. The predicted octanol–water partition coefficient (Wildman–Crippen LogP) is 3.44. The summed E-state index contributed by atoms with van der Waals surface area (Å²) in [6.45, 7) is 9.79. The van der Waals surface area contributed by atoms with Gasteiger partial charge < -0.3 is 20.5 Å². The first-order valence-corrected chi connectivity index (χ1v) is 14.0. The minimum absolute atomic E-state index is 0.0406. The van der Waals surface area contributed by atoms with Crippen LogP contribution in [0.2, 0.25) is 0 Å². The summed E-state index contributed by atoms with van der Waals surface area (Å²) in [5.41, 5.74) is 7.04. The van der Waals surface area contributed by atoms with E-state index in [9.17, 15) is 13.2 Å². The summed E-state index contributed by atoms with van der Waals surface area (Å²) in [6, 6.07) is 5.30. The van der Waals surface area contributed by atoms with Crippen molar-refractivity contribution in [2.45, 2.75) is 51.7 Å². The number of ether oxygens (including phenoxy) is 2. The Bertz CT molecular complexity index is 1500. The fourth-order valence-corrected chi connectivity index (χ4v) is 6.19. The summed E-state index contributed by atoms with van der Waals surface area (Å²) < 4.78 is 34.4. The molecule has 1 fully saturated rings. The highest BCUT2D eigenvalue weighted by Crippen LogP contribution is 2.38. The lowest BCUT2D eigenvalue weighted by Gasteiger charge is -2.36. The Balaban J connectivity index is 1.47. The second-order valence-corrected chi connectivity index (χ2v) is 13.2. The van der Waals surface area contributed by atoms with Crippen molar-refractivity contribution in [2.75, 3.05) is 23.4 Å². The lowest BCUT2D eigenvalue weighted by molar-refractivity contribution is -0.0189. The third-order valence-electron chi connectivity index (χ3n) is 7.07.